The van der Waals surface area contributed by atoms with E-state index in [2.05, 4.69) is 10.6 Å². The molecule has 0 radical (unpaired) electrons. The predicted molar refractivity (Wildman–Crippen MR) is 62.5 cm³/mol. The van der Waals surface area contributed by atoms with Crippen molar-refractivity contribution in [2.75, 3.05) is 0 Å². The number of ether oxygens (including phenoxy) is 1. The molecule has 17 heavy (non-hydrogen) atoms. The Morgan fingerprint density at radius 3 is 2.12 bits per heavy atom. The third kappa shape index (κ3) is 7.32. The summed E-state index contributed by atoms with van der Waals surface area (Å²) in [5.41, 5.74) is -0.615. The summed E-state index contributed by atoms with van der Waals surface area (Å²) in [6.07, 6.45) is -0.0585. The standard InChI is InChI=1S/C11H20N2O4/c1-7(6-14)12-9(15)8(2)13-10(16)17-11(3,4)5/h6-8H,1-5H3,(H,12,15)(H,13,16)/t7-,8-/m0/s1. The molecule has 0 aromatic rings. The second kappa shape index (κ2) is 6.22. The van der Waals surface area contributed by atoms with Gasteiger partial charge in [-0.05, 0) is 34.6 Å². The molecular weight excluding hydrogens is 224 g/mol. The molecule has 0 aliphatic heterocycles. The molecule has 0 rings (SSSR count). The summed E-state index contributed by atoms with van der Waals surface area (Å²) in [6, 6.07) is -1.34. The molecule has 2 N–H and O–H groups in total. The molecular formula is C11H20N2O4. The Morgan fingerprint density at radius 2 is 1.71 bits per heavy atom. The van der Waals surface area contributed by atoms with Crippen LogP contribution >= 0.6 is 0 Å². The summed E-state index contributed by atoms with van der Waals surface area (Å²) in [5, 5.41) is 4.80. The van der Waals surface area contributed by atoms with E-state index in [0.717, 1.165) is 0 Å². The summed E-state index contributed by atoms with van der Waals surface area (Å²) in [6.45, 7) is 8.24. The minimum Gasteiger partial charge on any atom is -0.444 e. The molecule has 2 atom stereocenters. The Hall–Kier alpha value is -1.59. The molecule has 0 aliphatic rings. The van der Waals surface area contributed by atoms with Gasteiger partial charge in [0, 0.05) is 0 Å². The van der Waals surface area contributed by atoms with Crippen LogP contribution in [0, 0.1) is 0 Å². The van der Waals surface area contributed by atoms with Crippen molar-refractivity contribution in [3.8, 4) is 0 Å². The van der Waals surface area contributed by atoms with Crippen molar-refractivity contribution in [1.29, 1.82) is 0 Å². The number of aldehydes is 1. The molecule has 2 amide bonds. The smallest absolute Gasteiger partial charge is 0.408 e. The highest BCUT2D eigenvalue weighted by Crippen LogP contribution is 2.06. The van der Waals surface area contributed by atoms with Gasteiger partial charge in [-0.15, -0.1) is 0 Å². The van der Waals surface area contributed by atoms with Crippen molar-refractivity contribution < 1.29 is 19.1 Å². The SMILES string of the molecule is C[C@H](NC(=O)OC(C)(C)C)C(=O)N[C@@H](C)C=O. The molecule has 0 aliphatic carbocycles. The number of nitrogens with one attached hydrogen (secondary N) is 2. The zero-order valence-corrected chi connectivity index (χ0v) is 10.9. The van der Waals surface area contributed by atoms with Gasteiger partial charge < -0.3 is 20.2 Å². The van der Waals surface area contributed by atoms with Crippen LogP contribution in [0.25, 0.3) is 0 Å². The number of carbonyl (C=O) groups is 3. The van der Waals surface area contributed by atoms with E-state index in [1.165, 1.54) is 6.92 Å². The van der Waals surface area contributed by atoms with Gasteiger partial charge in [-0.25, -0.2) is 4.79 Å². The highest BCUT2D eigenvalue weighted by molar-refractivity contribution is 5.87. The van der Waals surface area contributed by atoms with Crippen LogP contribution < -0.4 is 10.6 Å². The second-order valence-corrected chi connectivity index (χ2v) is 4.80. The maximum Gasteiger partial charge on any atom is 0.408 e. The van der Waals surface area contributed by atoms with Crippen molar-refractivity contribution in [2.24, 2.45) is 0 Å². The van der Waals surface area contributed by atoms with Crippen LogP contribution in [-0.4, -0.2) is 36.0 Å². The van der Waals surface area contributed by atoms with E-state index >= 15 is 0 Å². The van der Waals surface area contributed by atoms with E-state index in [4.69, 9.17) is 4.74 Å². The van der Waals surface area contributed by atoms with Crippen LogP contribution in [0.4, 0.5) is 4.79 Å². The molecule has 6 heteroatoms. The quantitative estimate of drug-likeness (QED) is 0.709. The van der Waals surface area contributed by atoms with Crippen molar-refractivity contribution in [1.82, 2.24) is 10.6 Å². The maximum absolute atomic E-state index is 11.5. The summed E-state index contributed by atoms with van der Waals surface area (Å²) < 4.78 is 4.99. The van der Waals surface area contributed by atoms with E-state index in [1.54, 1.807) is 27.7 Å². The molecule has 0 aromatic heterocycles. The van der Waals surface area contributed by atoms with Gasteiger partial charge in [0.05, 0.1) is 6.04 Å². The molecule has 0 aromatic carbocycles. The van der Waals surface area contributed by atoms with Gasteiger partial charge in [0.1, 0.15) is 17.9 Å². The Labute approximate surface area is 101 Å². The molecule has 0 spiro atoms. The Kier molecular flexibility index (Phi) is 5.64. The first-order valence-corrected chi connectivity index (χ1v) is 5.41. The number of amides is 2. The van der Waals surface area contributed by atoms with E-state index in [9.17, 15) is 14.4 Å². The zero-order valence-electron chi connectivity index (χ0n) is 10.9. The minimum absolute atomic E-state index is 0.435. The van der Waals surface area contributed by atoms with Crippen LogP contribution in [0.3, 0.4) is 0 Å². The van der Waals surface area contributed by atoms with Crippen LogP contribution in [-0.2, 0) is 14.3 Å². The van der Waals surface area contributed by atoms with Crippen molar-refractivity contribution in [3.63, 3.8) is 0 Å². The highest BCUT2D eigenvalue weighted by atomic mass is 16.6. The lowest BCUT2D eigenvalue weighted by atomic mass is 10.2. The van der Waals surface area contributed by atoms with Gasteiger partial charge in [-0.1, -0.05) is 0 Å². The lowest BCUT2D eigenvalue weighted by Crippen LogP contribution is -2.48. The number of hydrogen-bond acceptors (Lipinski definition) is 4. The number of rotatable bonds is 4. The van der Waals surface area contributed by atoms with Gasteiger partial charge in [0.25, 0.3) is 0 Å². The molecule has 0 unspecified atom stereocenters. The lowest BCUT2D eigenvalue weighted by Gasteiger charge is -2.22. The zero-order chi connectivity index (χ0) is 13.6. The summed E-state index contributed by atoms with van der Waals surface area (Å²) >= 11 is 0. The average Bonchev–Trinajstić information content (AvgIpc) is 2.14. The number of alkyl carbamates (subject to hydrolysis) is 1. The Balaban J connectivity index is 4.16. The Bertz CT molecular complexity index is 296. The molecule has 0 fully saturated rings. The van der Waals surface area contributed by atoms with Gasteiger partial charge in [0.2, 0.25) is 5.91 Å². The Morgan fingerprint density at radius 1 is 1.18 bits per heavy atom. The molecule has 6 nitrogen and oxygen atoms in total. The van der Waals surface area contributed by atoms with E-state index < -0.39 is 29.7 Å². The van der Waals surface area contributed by atoms with E-state index in [-0.39, 0.29) is 0 Å². The molecule has 0 heterocycles. The van der Waals surface area contributed by atoms with Crippen LogP contribution in [0.15, 0.2) is 0 Å². The summed E-state index contributed by atoms with van der Waals surface area (Å²) in [7, 11) is 0. The fraction of sp³-hybridized carbons (Fsp3) is 0.727. The van der Waals surface area contributed by atoms with Crippen molar-refractivity contribution >= 4 is 18.3 Å². The number of carbonyl (C=O) groups excluding carboxylic acids is 3. The fourth-order valence-electron chi connectivity index (χ4n) is 0.933. The largest absolute Gasteiger partial charge is 0.444 e. The third-order valence-corrected chi connectivity index (χ3v) is 1.70. The van der Waals surface area contributed by atoms with Gasteiger partial charge >= 0.3 is 6.09 Å². The van der Waals surface area contributed by atoms with Gasteiger partial charge in [-0.2, -0.15) is 0 Å². The topological polar surface area (TPSA) is 84.5 Å². The monoisotopic (exact) mass is 244 g/mol. The lowest BCUT2D eigenvalue weighted by molar-refractivity contribution is -0.125. The van der Waals surface area contributed by atoms with Crippen molar-refractivity contribution in [3.05, 3.63) is 0 Å². The highest BCUT2D eigenvalue weighted by Gasteiger charge is 2.21. The second-order valence-electron chi connectivity index (χ2n) is 4.80. The van der Waals surface area contributed by atoms with Crippen molar-refractivity contribution in [2.45, 2.75) is 52.3 Å². The van der Waals surface area contributed by atoms with E-state index in [1.807, 2.05) is 0 Å². The van der Waals surface area contributed by atoms with Crippen LogP contribution in [0.1, 0.15) is 34.6 Å². The molecule has 0 saturated heterocycles. The van der Waals surface area contributed by atoms with Gasteiger partial charge in [-0.3, -0.25) is 4.79 Å². The first-order valence-electron chi connectivity index (χ1n) is 5.41. The molecule has 0 saturated carbocycles. The fourth-order valence-corrected chi connectivity index (χ4v) is 0.933. The van der Waals surface area contributed by atoms with E-state index in [0.29, 0.717) is 6.29 Å². The first-order chi connectivity index (χ1) is 7.65. The summed E-state index contributed by atoms with van der Waals surface area (Å²) in [4.78, 5) is 33.2. The number of hydrogen-bond donors (Lipinski definition) is 2. The summed E-state index contributed by atoms with van der Waals surface area (Å²) in [5.74, 6) is -0.435. The normalized spacial score (nSPS) is 14.4. The predicted octanol–water partition coefficient (Wildman–Crippen LogP) is 0.603. The van der Waals surface area contributed by atoms with Crippen LogP contribution in [0.5, 0.6) is 0 Å². The average molecular weight is 244 g/mol. The maximum atomic E-state index is 11.5. The first kappa shape index (κ1) is 15.4. The van der Waals surface area contributed by atoms with Gasteiger partial charge in [0.15, 0.2) is 0 Å². The minimum atomic E-state index is -0.757. The molecule has 98 valence electrons. The third-order valence-electron chi connectivity index (χ3n) is 1.70. The molecule has 0 bridgehead atoms. The van der Waals surface area contributed by atoms with Crippen LogP contribution in [0.2, 0.25) is 0 Å².